The van der Waals surface area contributed by atoms with Gasteiger partial charge in [0.05, 0.1) is 0 Å². The van der Waals surface area contributed by atoms with E-state index in [1.165, 1.54) is 6.92 Å². The number of aliphatic hydroxyl groups excluding tert-OH is 1. The number of anilines is 1. The van der Waals surface area contributed by atoms with Crippen molar-refractivity contribution in [3.63, 3.8) is 0 Å². The second-order valence-electron chi connectivity index (χ2n) is 4.19. The third-order valence-electron chi connectivity index (χ3n) is 2.76. The Morgan fingerprint density at radius 1 is 1.38 bits per heavy atom. The molecule has 0 atom stereocenters. The van der Waals surface area contributed by atoms with E-state index in [9.17, 15) is 14.7 Å². The van der Waals surface area contributed by atoms with Gasteiger partial charge in [-0.05, 0) is 19.1 Å². The van der Waals surface area contributed by atoms with Crippen molar-refractivity contribution in [3.8, 4) is 6.07 Å². The average Bonchev–Trinajstić information content (AvgIpc) is 2.78. The van der Waals surface area contributed by atoms with E-state index in [0.717, 1.165) is 0 Å². The fourth-order valence-electron chi connectivity index (χ4n) is 1.82. The van der Waals surface area contributed by atoms with Gasteiger partial charge in [-0.2, -0.15) is 5.26 Å². The predicted molar refractivity (Wildman–Crippen MR) is 74.3 cm³/mol. The molecule has 4 N–H and O–H groups in total. The van der Waals surface area contributed by atoms with Crippen LogP contribution in [0.2, 0.25) is 0 Å². The quantitative estimate of drug-likeness (QED) is 0.450. The number of rotatable bonds is 3. The number of nitriles is 1. The maximum Gasteiger partial charge on any atom is 0.286 e. The van der Waals surface area contributed by atoms with Crippen molar-refractivity contribution in [1.29, 1.82) is 5.26 Å². The fourth-order valence-corrected chi connectivity index (χ4v) is 1.82. The first-order valence-electron chi connectivity index (χ1n) is 5.88. The highest BCUT2D eigenvalue weighted by Crippen LogP contribution is 2.30. The van der Waals surface area contributed by atoms with Gasteiger partial charge in [0.2, 0.25) is 5.76 Å². The van der Waals surface area contributed by atoms with E-state index in [-0.39, 0.29) is 11.4 Å². The Morgan fingerprint density at radius 2 is 2.05 bits per heavy atom. The lowest BCUT2D eigenvalue weighted by Crippen LogP contribution is -2.18. The van der Waals surface area contributed by atoms with Crippen molar-refractivity contribution >= 4 is 28.5 Å². The summed E-state index contributed by atoms with van der Waals surface area (Å²) in [5, 5.41) is 21.0. The average molecular weight is 285 g/mol. The smallest absolute Gasteiger partial charge is 0.286 e. The standard InChI is InChI=1S/C14H11N3O4/c1-7(18)9(6-15)14(20)17-11-8-4-2-3-5-10(8)21-12(11)13(16)19/h2-5,18H,1H3,(H2,16,19)(H,17,20)/b9-7-. The maximum atomic E-state index is 12.0. The summed E-state index contributed by atoms with van der Waals surface area (Å²) in [7, 11) is 0. The molecule has 2 amide bonds. The summed E-state index contributed by atoms with van der Waals surface area (Å²) in [5.74, 6) is -2.36. The number of amides is 2. The van der Waals surface area contributed by atoms with Gasteiger partial charge < -0.3 is 20.6 Å². The predicted octanol–water partition coefficient (Wildman–Crippen LogP) is 1.83. The highest BCUT2D eigenvalue weighted by atomic mass is 16.3. The van der Waals surface area contributed by atoms with Gasteiger partial charge in [0, 0.05) is 5.39 Å². The molecule has 1 aromatic heterocycles. The van der Waals surface area contributed by atoms with Crippen LogP contribution in [0.5, 0.6) is 0 Å². The SMILES string of the molecule is C/C(O)=C(\C#N)C(=O)Nc1c(C(N)=O)oc2ccccc12. The largest absolute Gasteiger partial charge is 0.511 e. The molecule has 21 heavy (non-hydrogen) atoms. The summed E-state index contributed by atoms with van der Waals surface area (Å²) >= 11 is 0. The molecule has 2 aromatic rings. The molecule has 0 radical (unpaired) electrons. The monoisotopic (exact) mass is 285 g/mol. The number of hydrogen-bond acceptors (Lipinski definition) is 5. The first-order chi connectivity index (χ1) is 9.95. The van der Waals surface area contributed by atoms with Gasteiger partial charge in [-0.3, -0.25) is 9.59 Å². The van der Waals surface area contributed by atoms with Gasteiger partial charge in [-0.1, -0.05) is 12.1 Å². The molecule has 2 rings (SSSR count). The minimum absolute atomic E-state index is 0.0668. The van der Waals surface area contributed by atoms with E-state index in [1.807, 2.05) is 0 Å². The van der Waals surface area contributed by atoms with Crippen molar-refractivity contribution in [3.05, 3.63) is 41.4 Å². The molecule has 0 saturated heterocycles. The van der Waals surface area contributed by atoms with Crippen molar-refractivity contribution in [2.75, 3.05) is 5.32 Å². The molecule has 0 aliphatic heterocycles. The number of para-hydroxylation sites is 1. The van der Waals surface area contributed by atoms with Crippen LogP contribution in [0.3, 0.4) is 0 Å². The molecular formula is C14H11N3O4. The number of furan rings is 1. The topological polar surface area (TPSA) is 129 Å². The minimum atomic E-state index is -0.857. The van der Waals surface area contributed by atoms with Crippen molar-refractivity contribution in [2.24, 2.45) is 5.73 Å². The first-order valence-corrected chi connectivity index (χ1v) is 5.88. The number of nitrogens with zero attached hydrogens (tertiary/aromatic N) is 1. The Labute approximate surface area is 119 Å². The van der Waals surface area contributed by atoms with Crippen LogP contribution in [0.1, 0.15) is 17.5 Å². The van der Waals surface area contributed by atoms with E-state index in [2.05, 4.69) is 5.32 Å². The number of nitrogens with two attached hydrogens (primary N) is 1. The van der Waals surface area contributed by atoms with Crippen molar-refractivity contribution < 1.29 is 19.1 Å². The lowest BCUT2D eigenvalue weighted by molar-refractivity contribution is -0.112. The summed E-state index contributed by atoms with van der Waals surface area (Å²) in [4.78, 5) is 23.4. The molecule has 7 nitrogen and oxygen atoms in total. The summed E-state index contributed by atoms with van der Waals surface area (Å²) in [6.07, 6.45) is 0. The molecule has 0 bridgehead atoms. The minimum Gasteiger partial charge on any atom is -0.511 e. The number of nitrogens with one attached hydrogen (secondary N) is 1. The maximum absolute atomic E-state index is 12.0. The molecule has 0 saturated carbocycles. The summed E-state index contributed by atoms with van der Waals surface area (Å²) in [6.45, 7) is 1.21. The molecule has 0 unspecified atom stereocenters. The molecule has 1 aromatic carbocycles. The van der Waals surface area contributed by atoms with Crippen LogP contribution in [0.4, 0.5) is 5.69 Å². The molecule has 0 spiro atoms. The van der Waals surface area contributed by atoms with Gasteiger partial charge in [0.25, 0.3) is 11.8 Å². The van der Waals surface area contributed by atoms with Crippen LogP contribution in [-0.2, 0) is 4.79 Å². The third-order valence-corrected chi connectivity index (χ3v) is 2.76. The van der Waals surface area contributed by atoms with Crippen LogP contribution in [0, 0.1) is 11.3 Å². The van der Waals surface area contributed by atoms with Gasteiger partial charge in [0.15, 0.2) is 5.57 Å². The van der Waals surface area contributed by atoms with E-state index < -0.39 is 23.1 Å². The fraction of sp³-hybridized carbons (Fsp3) is 0.0714. The number of benzene rings is 1. The molecule has 0 fully saturated rings. The molecule has 106 valence electrons. The summed E-state index contributed by atoms with van der Waals surface area (Å²) in [5.41, 5.74) is 5.18. The van der Waals surface area contributed by atoms with Gasteiger partial charge in [0.1, 0.15) is 23.1 Å². The number of hydrogen-bond donors (Lipinski definition) is 3. The third kappa shape index (κ3) is 2.55. The Balaban J connectivity index is 2.54. The van der Waals surface area contributed by atoms with Crippen LogP contribution in [0.25, 0.3) is 11.0 Å². The highest BCUT2D eigenvalue weighted by Gasteiger charge is 2.22. The molecule has 0 aliphatic carbocycles. The van der Waals surface area contributed by atoms with Gasteiger partial charge >= 0.3 is 0 Å². The zero-order valence-electron chi connectivity index (χ0n) is 11.0. The normalized spacial score (nSPS) is 11.6. The number of aliphatic hydroxyl groups is 1. The molecular weight excluding hydrogens is 274 g/mol. The lowest BCUT2D eigenvalue weighted by Gasteiger charge is -2.04. The zero-order chi connectivity index (χ0) is 15.6. The van der Waals surface area contributed by atoms with E-state index in [1.54, 1.807) is 30.3 Å². The summed E-state index contributed by atoms with van der Waals surface area (Å²) < 4.78 is 5.28. The first kappa shape index (κ1) is 14.1. The van der Waals surface area contributed by atoms with E-state index >= 15 is 0 Å². The Kier molecular flexibility index (Phi) is 3.63. The number of fused-ring (bicyclic) bond motifs is 1. The Hall–Kier alpha value is -3.27. The van der Waals surface area contributed by atoms with Crippen molar-refractivity contribution in [2.45, 2.75) is 6.92 Å². The van der Waals surface area contributed by atoms with E-state index in [4.69, 9.17) is 15.4 Å². The van der Waals surface area contributed by atoms with Gasteiger partial charge in [-0.25, -0.2) is 0 Å². The zero-order valence-corrected chi connectivity index (χ0v) is 11.0. The van der Waals surface area contributed by atoms with Crippen LogP contribution in [-0.4, -0.2) is 16.9 Å². The number of carbonyl (C=O) groups excluding carboxylic acids is 2. The molecule has 7 heteroatoms. The Bertz CT molecular complexity index is 807. The van der Waals surface area contributed by atoms with Crippen molar-refractivity contribution in [1.82, 2.24) is 0 Å². The molecule has 0 aliphatic rings. The second kappa shape index (κ2) is 5.38. The van der Waals surface area contributed by atoms with Crippen LogP contribution >= 0.6 is 0 Å². The number of primary amides is 1. The van der Waals surface area contributed by atoms with Gasteiger partial charge in [-0.15, -0.1) is 0 Å². The van der Waals surface area contributed by atoms with E-state index in [0.29, 0.717) is 11.0 Å². The van der Waals surface area contributed by atoms with Crippen LogP contribution < -0.4 is 11.1 Å². The summed E-state index contributed by atoms with van der Waals surface area (Å²) in [6, 6.07) is 8.20. The van der Waals surface area contributed by atoms with Crippen LogP contribution in [0.15, 0.2) is 40.0 Å². The highest BCUT2D eigenvalue weighted by molar-refractivity contribution is 6.15. The second-order valence-corrected chi connectivity index (χ2v) is 4.19. The molecule has 1 heterocycles. The Morgan fingerprint density at radius 3 is 2.62 bits per heavy atom. The number of carbonyl (C=O) groups is 2. The lowest BCUT2D eigenvalue weighted by atomic mass is 10.2. The number of allylic oxidation sites excluding steroid dienone is 1.